The van der Waals surface area contributed by atoms with Crippen LogP contribution in [0.4, 0.5) is 5.69 Å². The number of hydrogen-bond donors (Lipinski definition) is 2. The highest BCUT2D eigenvalue weighted by Gasteiger charge is 2.08. The minimum Gasteiger partial charge on any atom is -0.355 e. The van der Waals surface area contributed by atoms with Crippen molar-refractivity contribution in [2.45, 2.75) is 18.7 Å². The molecule has 0 aliphatic rings. The summed E-state index contributed by atoms with van der Waals surface area (Å²) in [6.45, 7) is 4.06. The molecule has 0 atom stereocenters. The van der Waals surface area contributed by atoms with Gasteiger partial charge in [0.05, 0.1) is 5.75 Å². The van der Waals surface area contributed by atoms with Crippen molar-refractivity contribution < 1.29 is 9.59 Å². The summed E-state index contributed by atoms with van der Waals surface area (Å²) in [6.07, 6.45) is 0. The number of thioether (sulfide) groups is 1. The van der Waals surface area contributed by atoms with Gasteiger partial charge in [-0.15, -0.1) is 11.8 Å². The molecule has 0 saturated carbocycles. The Morgan fingerprint density at radius 1 is 1.08 bits per heavy atom. The van der Waals surface area contributed by atoms with Crippen LogP contribution in [-0.2, 0) is 4.79 Å². The SMILES string of the molecule is CNC(=O)c1ccc(NC(=O)CSc2cc(C)c(Br)cc2C)cc1. The van der Waals surface area contributed by atoms with Gasteiger partial charge in [-0.05, 0) is 61.4 Å². The Morgan fingerprint density at radius 2 is 1.75 bits per heavy atom. The molecule has 2 amide bonds. The van der Waals surface area contributed by atoms with Crippen LogP contribution in [-0.4, -0.2) is 24.6 Å². The quantitative estimate of drug-likeness (QED) is 0.732. The normalized spacial score (nSPS) is 10.3. The number of hydrogen-bond acceptors (Lipinski definition) is 3. The fraction of sp³-hybridized carbons (Fsp3) is 0.222. The summed E-state index contributed by atoms with van der Waals surface area (Å²) in [7, 11) is 1.58. The Kier molecular flexibility index (Phi) is 6.45. The summed E-state index contributed by atoms with van der Waals surface area (Å²) in [5.41, 5.74) is 3.52. The molecule has 0 spiro atoms. The molecule has 4 nitrogen and oxygen atoms in total. The minimum absolute atomic E-state index is 0.0762. The zero-order valence-electron chi connectivity index (χ0n) is 13.8. The van der Waals surface area contributed by atoms with E-state index in [0.29, 0.717) is 17.0 Å². The van der Waals surface area contributed by atoms with Gasteiger partial charge in [0.2, 0.25) is 5.91 Å². The molecule has 0 unspecified atom stereocenters. The summed E-state index contributed by atoms with van der Waals surface area (Å²) in [5.74, 6) is 0.108. The van der Waals surface area contributed by atoms with Crippen LogP contribution >= 0.6 is 27.7 Å². The molecule has 2 N–H and O–H groups in total. The number of benzene rings is 2. The third kappa shape index (κ3) is 4.85. The standard InChI is InChI=1S/C18H19BrN2O2S/c1-11-9-16(12(2)8-15(11)19)24-10-17(22)21-14-6-4-13(5-7-14)18(23)20-3/h4-9H,10H2,1-3H3,(H,20,23)(H,21,22). The molecular formula is C18H19BrN2O2S. The first-order valence-corrected chi connectivity index (χ1v) is 9.20. The lowest BCUT2D eigenvalue weighted by atomic mass is 10.2. The molecule has 2 aromatic carbocycles. The average Bonchev–Trinajstić information content (AvgIpc) is 2.57. The number of carbonyl (C=O) groups is 2. The van der Waals surface area contributed by atoms with Crippen LogP contribution in [0.25, 0.3) is 0 Å². The predicted octanol–water partition coefficient (Wildman–Crippen LogP) is 4.16. The highest BCUT2D eigenvalue weighted by molar-refractivity contribution is 9.10. The van der Waals surface area contributed by atoms with E-state index in [2.05, 4.69) is 38.7 Å². The van der Waals surface area contributed by atoms with Crippen LogP contribution in [0.2, 0.25) is 0 Å². The molecular weight excluding hydrogens is 388 g/mol. The lowest BCUT2D eigenvalue weighted by molar-refractivity contribution is -0.113. The molecule has 24 heavy (non-hydrogen) atoms. The second-order valence-electron chi connectivity index (χ2n) is 5.36. The maximum atomic E-state index is 12.1. The second-order valence-corrected chi connectivity index (χ2v) is 7.23. The first-order valence-electron chi connectivity index (χ1n) is 7.42. The topological polar surface area (TPSA) is 58.2 Å². The molecule has 6 heteroatoms. The fourth-order valence-corrected chi connectivity index (χ4v) is 3.46. The first kappa shape index (κ1) is 18.5. The van der Waals surface area contributed by atoms with Crippen LogP contribution in [0.5, 0.6) is 0 Å². The maximum absolute atomic E-state index is 12.1. The molecule has 0 aliphatic carbocycles. The lowest BCUT2D eigenvalue weighted by Crippen LogP contribution is -2.18. The molecule has 2 rings (SSSR count). The van der Waals surface area contributed by atoms with E-state index >= 15 is 0 Å². The second kappa shape index (κ2) is 8.35. The summed E-state index contributed by atoms with van der Waals surface area (Å²) in [4.78, 5) is 24.7. The van der Waals surface area contributed by atoms with Crippen molar-refractivity contribution in [3.63, 3.8) is 0 Å². The van der Waals surface area contributed by atoms with Crippen molar-refractivity contribution >= 4 is 45.2 Å². The molecule has 2 aromatic rings. The van der Waals surface area contributed by atoms with Crippen LogP contribution < -0.4 is 10.6 Å². The molecule has 0 aromatic heterocycles. The first-order chi connectivity index (χ1) is 11.4. The van der Waals surface area contributed by atoms with Gasteiger partial charge in [-0.25, -0.2) is 0 Å². The van der Waals surface area contributed by atoms with Gasteiger partial charge in [-0.1, -0.05) is 15.9 Å². The predicted molar refractivity (Wildman–Crippen MR) is 103 cm³/mol. The number of rotatable bonds is 5. The highest BCUT2D eigenvalue weighted by atomic mass is 79.9. The smallest absolute Gasteiger partial charge is 0.251 e. The van der Waals surface area contributed by atoms with Gasteiger partial charge in [-0.3, -0.25) is 9.59 Å². The Labute approximate surface area is 154 Å². The Bertz CT molecular complexity index is 760. The van der Waals surface area contributed by atoms with E-state index in [1.165, 1.54) is 11.8 Å². The van der Waals surface area contributed by atoms with Crippen molar-refractivity contribution in [2.24, 2.45) is 0 Å². The maximum Gasteiger partial charge on any atom is 0.251 e. The Hall–Kier alpha value is -1.79. The monoisotopic (exact) mass is 406 g/mol. The van der Waals surface area contributed by atoms with E-state index in [9.17, 15) is 9.59 Å². The van der Waals surface area contributed by atoms with Crippen molar-refractivity contribution in [3.8, 4) is 0 Å². The number of halogens is 1. The van der Waals surface area contributed by atoms with Crippen LogP contribution in [0.3, 0.4) is 0 Å². The average molecular weight is 407 g/mol. The van der Waals surface area contributed by atoms with Crippen molar-refractivity contribution in [2.75, 3.05) is 18.1 Å². The zero-order valence-corrected chi connectivity index (χ0v) is 16.2. The van der Waals surface area contributed by atoms with Crippen LogP contribution in [0.1, 0.15) is 21.5 Å². The van der Waals surface area contributed by atoms with Gasteiger partial charge in [0.25, 0.3) is 5.91 Å². The van der Waals surface area contributed by atoms with Gasteiger partial charge < -0.3 is 10.6 Å². The van der Waals surface area contributed by atoms with Gasteiger partial charge in [0.15, 0.2) is 0 Å². The van der Waals surface area contributed by atoms with E-state index in [0.717, 1.165) is 20.5 Å². The Balaban J connectivity index is 1.94. The zero-order chi connectivity index (χ0) is 17.7. The number of aryl methyl sites for hydroxylation is 2. The van der Waals surface area contributed by atoms with E-state index in [1.807, 2.05) is 13.8 Å². The molecule has 0 saturated heterocycles. The van der Waals surface area contributed by atoms with E-state index in [4.69, 9.17) is 0 Å². The van der Waals surface area contributed by atoms with E-state index in [-0.39, 0.29) is 11.8 Å². The molecule has 0 bridgehead atoms. The number of anilines is 1. The highest BCUT2D eigenvalue weighted by Crippen LogP contribution is 2.28. The molecule has 0 fully saturated rings. The molecule has 126 valence electrons. The van der Waals surface area contributed by atoms with Gasteiger partial charge in [-0.2, -0.15) is 0 Å². The van der Waals surface area contributed by atoms with Gasteiger partial charge in [0, 0.05) is 27.7 Å². The largest absolute Gasteiger partial charge is 0.355 e. The summed E-state index contributed by atoms with van der Waals surface area (Å²) in [6, 6.07) is 11.0. The van der Waals surface area contributed by atoms with E-state index in [1.54, 1.807) is 31.3 Å². The Morgan fingerprint density at radius 3 is 2.38 bits per heavy atom. The lowest BCUT2D eigenvalue weighted by Gasteiger charge is -2.09. The van der Waals surface area contributed by atoms with Crippen LogP contribution in [0, 0.1) is 13.8 Å². The minimum atomic E-state index is -0.149. The third-order valence-electron chi connectivity index (χ3n) is 3.47. The number of carbonyl (C=O) groups excluding carboxylic acids is 2. The summed E-state index contributed by atoms with van der Waals surface area (Å²) >= 11 is 5.02. The van der Waals surface area contributed by atoms with Crippen molar-refractivity contribution in [1.29, 1.82) is 0 Å². The molecule has 0 radical (unpaired) electrons. The van der Waals surface area contributed by atoms with Crippen LogP contribution in [0.15, 0.2) is 45.8 Å². The number of nitrogens with one attached hydrogen (secondary N) is 2. The summed E-state index contributed by atoms with van der Waals surface area (Å²) in [5, 5.41) is 5.40. The van der Waals surface area contributed by atoms with Crippen molar-refractivity contribution in [3.05, 3.63) is 57.6 Å². The molecule has 0 aliphatic heterocycles. The summed E-state index contributed by atoms with van der Waals surface area (Å²) < 4.78 is 1.07. The third-order valence-corrected chi connectivity index (χ3v) is 5.48. The van der Waals surface area contributed by atoms with Gasteiger partial charge in [0.1, 0.15) is 0 Å². The fourth-order valence-electron chi connectivity index (χ4n) is 2.10. The molecule has 0 heterocycles. The van der Waals surface area contributed by atoms with E-state index < -0.39 is 0 Å². The van der Waals surface area contributed by atoms with Gasteiger partial charge >= 0.3 is 0 Å². The van der Waals surface area contributed by atoms with Crippen molar-refractivity contribution in [1.82, 2.24) is 5.32 Å². The number of amides is 2.